The average Bonchev–Trinajstić information content (AvgIpc) is 2.30. The second-order valence-corrected chi connectivity index (χ2v) is 5.13. The van der Waals surface area contributed by atoms with E-state index in [1.54, 1.807) is 0 Å². The number of hydrogen-bond donors (Lipinski definition) is 1. The molecule has 0 bridgehead atoms. The molecule has 1 aromatic carbocycles. The van der Waals surface area contributed by atoms with Crippen LogP contribution in [0.5, 0.6) is 0 Å². The topological polar surface area (TPSA) is 18.5 Å². The molecule has 0 amide bonds. The Balaban J connectivity index is 1.82. The maximum Gasteiger partial charge on any atom is 0.157 e. The van der Waals surface area contributed by atoms with Crippen LogP contribution in [0.2, 0.25) is 0 Å². The maximum absolute atomic E-state index is 5.89. The Morgan fingerprint density at radius 1 is 1.47 bits per heavy atom. The van der Waals surface area contributed by atoms with Gasteiger partial charge in [-0.1, -0.05) is 12.1 Å². The molecule has 1 aliphatic rings. The largest absolute Gasteiger partial charge is 0.353 e. The number of thiol groups is 1. The van der Waals surface area contributed by atoms with Gasteiger partial charge in [-0.2, -0.15) is 0 Å². The monoisotopic (exact) mass is 252 g/mol. The molecule has 1 heterocycles. The van der Waals surface area contributed by atoms with E-state index in [-0.39, 0.29) is 12.4 Å². The first-order valence-corrected chi connectivity index (χ1v) is 6.74. The first kappa shape index (κ1) is 12.9. The summed E-state index contributed by atoms with van der Waals surface area (Å²) in [4.78, 5) is 1.00. The third-order valence-corrected chi connectivity index (χ3v) is 3.23. The molecule has 2 atom stereocenters. The highest BCUT2D eigenvalue weighted by Gasteiger charge is 2.17. The first-order chi connectivity index (χ1) is 8.24. The molecule has 94 valence electrons. The molecule has 0 saturated carbocycles. The molecule has 0 aliphatic carbocycles. The van der Waals surface area contributed by atoms with Crippen molar-refractivity contribution < 1.29 is 9.47 Å². The summed E-state index contributed by atoms with van der Waals surface area (Å²) in [7, 11) is 0. The summed E-state index contributed by atoms with van der Waals surface area (Å²) < 4.78 is 11.5. The minimum Gasteiger partial charge on any atom is -0.353 e. The number of ether oxygens (including phenoxy) is 2. The standard InChI is InChI=1S/C14H20O2S/c1-11(16-14-7-2-3-8-15-14)9-12-5-4-6-13(17)10-12/h4-6,10-11,14,17H,2-3,7-9H2,1H3. The summed E-state index contributed by atoms with van der Waals surface area (Å²) >= 11 is 4.34. The van der Waals surface area contributed by atoms with E-state index in [4.69, 9.17) is 9.47 Å². The predicted molar refractivity (Wildman–Crippen MR) is 71.5 cm³/mol. The Bertz CT molecular complexity index is 348. The lowest BCUT2D eigenvalue weighted by atomic mass is 10.1. The van der Waals surface area contributed by atoms with Crippen LogP contribution in [0.4, 0.5) is 0 Å². The Labute approximate surface area is 109 Å². The van der Waals surface area contributed by atoms with Gasteiger partial charge in [0.05, 0.1) is 6.10 Å². The van der Waals surface area contributed by atoms with Gasteiger partial charge in [-0.05, 0) is 50.3 Å². The minimum atomic E-state index is -0.00191. The van der Waals surface area contributed by atoms with Crippen molar-refractivity contribution in [3.05, 3.63) is 29.8 Å². The van der Waals surface area contributed by atoms with Gasteiger partial charge in [-0.3, -0.25) is 0 Å². The van der Waals surface area contributed by atoms with Crippen LogP contribution in [0.15, 0.2) is 29.2 Å². The van der Waals surface area contributed by atoms with Crippen LogP contribution in [0, 0.1) is 0 Å². The van der Waals surface area contributed by atoms with Gasteiger partial charge in [0.15, 0.2) is 6.29 Å². The van der Waals surface area contributed by atoms with Gasteiger partial charge in [-0.15, -0.1) is 12.6 Å². The Kier molecular flexibility index (Phi) is 4.89. The summed E-state index contributed by atoms with van der Waals surface area (Å²) in [5.41, 5.74) is 1.26. The molecular formula is C14H20O2S. The van der Waals surface area contributed by atoms with Crippen LogP contribution < -0.4 is 0 Å². The summed E-state index contributed by atoms with van der Waals surface area (Å²) in [5, 5.41) is 0. The fourth-order valence-corrected chi connectivity index (χ4v) is 2.39. The molecule has 1 aromatic rings. The molecule has 0 aromatic heterocycles. The summed E-state index contributed by atoms with van der Waals surface area (Å²) in [6.45, 7) is 2.94. The van der Waals surface area contributed by atoms with Crippen LogP contribution >= 0.6 is 12.6 Å². The molecule has 2 nitrogen and oxygen atoms in total. The molecule has 0 radical (unpaired) electrons. The van der Waals surface area contributed by atoms with Gasteiger partial charge >= 0.3 is 0 Å². The molecule has 1 saturated heterocycles. The van der Waals surface area contributed by atoms with E-state index >= 15 is 0 Å². The third kappa shape index (κ3) is 4.34. The highest BCUT2D eigenvalue weighted by atomic mass is 32.1. The van der Waals surface area contributed by atoms with Gasteiger partial charge in [-0.25, -0.2) is 0 Å². The maximum atomic E-state index is 5.89. The Morgan fingerprint density at radius 2 is 2.35 bits per heavy atom. The van der Waals surface area contributed by atoms with E-state index in [0.717, 1.165) is 30.8 Å². The van der Waals surface area contributed by atoms with Crippen molar-refractivity contribution in [2.75, 3.05) is 6.61 Å². The van der Waals surface area contributed by atoms with Gasteiger partial charge in [0.2, 0.25) is 0 Å². The Morgan fingerprint density at radius 3 is 3.06 bits per heavy atom. The molecule has 2 unspecified atom stereocenters. The van der Waals surface area contributed by atoms with Crippen molar-refractivity contribution in [2.45, 2.75) is 49.9 Å². The highest BCUT2D eigenvalue weighted by Crippen LogP contribution is 2.18. The predicted octanol–water partition coefficient (Wildman–Crippen LogP) is 3.45. The van der Waals surface area contributed by atoms with Crippen LogP contribution in [0.3, 0.4) is 0 Å². The first-order valence-electron chi connectivity index (χ1n) is 6.29. The molecule has 0 N–H and O–H groups in total. The van der Waals surface area contributed by atoms with Crippen molar-refractivity contribution in [1.82, 2.24) is 0 Å². The average molecular weight is 252 g/mol. The number of rotatable bonds is 4. The fraction of sp³-hybridized carbons (Fsp3) is 0.571. The van der Waals surface area contributed by atoms with Crippen molar-refractivity contribution in [3.63, 3.8) is 0 Å². The second kappa shape index (κ2) is 6.43. The van der Waals surface area contributed by atoms with E-state index in [1.165, 1.54) is 12.0 Å². The number of hydrogen-bond acceptors (Lipinski definition) is 3. The number of benzene rings is 1. The smallest absolute Gasteiger partial charge is 0.157 e. The molecular weight excluding hydrogens is 232 g/mol. The zero-order valence-corrected chi connectivity index (χ0v) is 11.2. The quantitative estimate of drug-likeness (QED) is 0.827. The molecule has 17 heavy (non-hydrogen) atoms. The lowest BCUT2D eigenvalue weighted by Crippen LogP contribution is -2.27. The summed E-state index contributed by atoms with van der Waals surface area (Å²) in [6, 6.07) is 8.22. The minimum absolute atomic E-state index is 0.00191. The lowest BCUT2D eigenvalue weighted by molar-refractivity contribution is -0.183. The van der Waals surface area contributed by atoms with E-state index in [2.05, 4.69) is 31.7 Å². The van der Waals surface area contributed by atoms with Crippen LogP contribution in [-0.2, 0) is 15.9 Å². The van der Waals surface area contributed by atoms with Gasteiger partial charge in [0.25, 0.3) is 0 Å². The highest BCUT2D eigenvalue weighted by molar-refractivity contribution is 7.80. The van der Waals surface area contributed by atoms with E-state index in [1.807, 2.05) is 12.1 Å². The molecule has 1 aliphatic heterocycles. The van der Waals surface area contributed by atoms with Crippen molar-refractivity contribution in [2.24, 2.45) is 0 Å². The van der Waals surface area contributed by atoms with Crippen LogP contribution in [0.1, 0.15) is 31.7 Å². The van der Waals surface area contributed by atoms with E-state index < -0.39 is 0 Å². The SMILES string of the molecule is CC(Cc1cccc(S)c1)OC1CCCCO1. The van der Waals surface area contributed by atoms with E-state index in [0.29, 0.717) is 0 Å². The molecule has 2 rings (SSSR count). The lowest BCUT2D eigenvalue weighted by Gasteiger charge is -2.26. The molecule has 0 spiro atoms. The zero-order chi connectivity index (χ0) is 12.1. The summed E-state index contributed by atoms with van der Waals surface area (Å²) in [6.07, 6.45) is 4.50. The van der Waals surface area contributed by atoms with E-state index in [9.17, 15) is 0 Å². The van der Waals surface area contributed by atoms with Crippen LogP contribution in [0.25, 0.3) is 0 Å². The second-order valence-electron chi connectivity index (χ2n) is 4.62. The van der Waals surface area contributed by atoms with Gasteiger partial charge in [0.1, 0.15) is 0 Å². The van der Waals surface area contributed by atoms with Crippen molar-refractivity contribution in [1.29, 1.82) is 0 Å². The van der Waals surface area contributed by atoms with Crippen molar-refractivity contribution >= 4 is 12.6 Å². The third-order valence-electron chi connectivity index (χ3n) is 2.96. The molecule has 1 fully saturated rings. The van der Waals surface area contributed by atoms with Crippen LogP contribution in [-0.4, -0.2) is 19.0 Å². The van der Waals surface area contributed by atoms with Gasteiger partial charge in [0, 0.05) is 11.5 Å². The fourth-order valence-electron chi connectivity index (χ4n) is 2.14. The van der Waals surface area contributed by atoms with Crippen molar-refractivity contribution in [3.8, 4) is 0 Å². The summed E-state index contributed by atoms with van der Waals surface area (Å²) in [5.74, 6) is 0. The van der Waals surface area contributed by atoms with Gasteiger partial charge < -0.3 is 9.47 Å². The molecule has 3 heteroatoms. The zero-order valence-electron chi connectivity index (χ0n) is 10.3. The normalized spacial score (nSPS) is 22.4. The Hall–Kier alpha value is -0.510.